The van der Waals surface area contributed by atoms with Gasteiger partial charge in [0.1, 0.15) is 0 Å². The Morgan fingerprint density at radius 1 is 1.37 bits per heavy atom. The predicted molar refractivity (Wildman–Crippen MR) is 70.9 cm³/mol. The van der Waals surface area contributed by atoms with E-state index >= 15 is 0 Å². The summed E-state index contributed by atoms with van der Waals surface area (Å²) >= 11 is 0. The number of hydrogen-bond acceptors (Lipinski definition) is 4. The van der Waals surface area contributed by atoms with Crippen LogP contribution in [0.4, 0.5) is 0 Å². The third kappa shape index (κ3) is 4.01. The Hall–Kier alpha value is -1.46. The van der Waals surface area contributed by atoms with E-state index in [4.69, 9.17) is 5.11 Å². The second kappa shape index (κ2) is 6.63. The number of nitrogens with zero attached hydrogens (tertiary/aromatic N) is 1. The Morgan fingerprint density at radius 3 is 2.79 bits per heavy atom. The quantitative estimate of drug-likeness (QED) is 0.749. The smallest absolute Gasteiger partial charge is 0.337 e. The molecule has 1 heterocycles. The fourth-order valence-electron chi connectivity index (χ4n) is 2.52. The van der Waals surface area contributed by atoms with Crippen molar-refractivity contribution in [1.29, 1.82) is 0 Å². The monoisotopic (exact) mass is 264 g/mol. The first-order valence-corrected chi connectivity index (χ1v) is 6.72. The lowest BCUT2D eigenvalue weighted by atomic mass is 9.87. The molecule has 0 amide bonds. The zero-order valence-electron chi connectivity index (χ0n) is 10.9. The highest BCUT2D eigenvalue weighted by Gasteiger charge is 2.19. The van der Waals surface area contributed by atoms with Crippen LogP contribution in [0.3, 0.4) is 0 Å². The minimum absolute atomic E-state index is 0.134. The van der Waals surface area contributed by atoms with Crippen LogP contribution in [-0.4, -0.2) is 33.8 Å². The third-order valence-corrected chi connectivity index (χ3v) is 3.66. The van der Waals surface area contributed by atoms with Gasteiger partial charge in [-0.2, -0.15) is 0 Å². The molecule has 0 unspecified atom stereocenters. The summed E-state index contributed by atoms with van der Waals surface area (Å²) in [6, 6.07) is 3.21. The number of rotatable bonds is 5. The van der Waals surface area contributed by atoms with Crippen molar-refractivity contribution in [2.75, 3.05) is 6.54 Å². The van der Waals surface area contributed by atoms with E-state index in [0.29, 0.717) is 18.2 Å². The maximum Gasteiger partial charge on any atom is 0.337 e. The maximum absolute atomic E-state index is 11.0. The van der Waals surface area contributed by atoms with E-state index in [-0.39, 0.29) is 11.7 Å². The summed E-state index contributed by atoms with van der Waals surface area (Å²) in [6.07, 6.45) is 5.28. The summed E-state index contributed by atoms with van der Waals surface area (Å²) in [5.41, 5.74) is 0.833. The van der Waals surface area contributed by atoms with Gasteiger partial charge in [-0.05, 0) is 50.3 Å². The zero-order chi connectivity index (χ0) is 13.7. The molecule has 1 aliphatic carbocycles. The molecule has 0 atom stereocenters. The lowest BCUT2D eigenvalue weighted by Crippen LogP contribution is -2.28. The van der Waals surface area contributed by atoms with Crippen LogP contribution < -0.4 is 5.32 Å². The molecular formula is C14H20N2O3. The summed E-state index contributed by atoms with van der Waals surface area (Å²) < 4.78 is 0. The number of pyridine rings is 1. The summed E-state index contributed by atoms with van der Waals surface area (Å²) in [6.45, 7) is 1.32. The normalized spacial score (nSPS) is 23.2. The zero-order valence-corrected chi connectivity index (χ0v) is 10.9. The van der Waals surface area contributed by atoms with Gasteiger partial charge < -0.3 is 15.5 Å². The van der Waals surface area contributed by atoms with Crippen molar-refractivity contribution >= 4 is 5.97 Å². The van der Waals surface area contributed by atoms with Crippen LogP contribution in [0, 0.1) is 5.92 Å². The maximum atomic E-state index is 11.0. The highest BCUT2D eigenvalue weighted by molar-refractivity contribution is 5.88. The number of nitrogens with one attached hydrogen (secondary N) is 1. The van der Waals surface area contributed by atoms with Gasteiger partial charge in [0.15, 0.2) is 0 Å². The fourth-order valence-corrected chi connectivity index (χ4v) is 2.52. The average Bonchev–Trinajstić information content (AvgIpc) is 2.41. The summed E-state index contributed by atoms with van der Waals surface area (Å²) in [5.74, 6) is -0.369. The van der Waals surface area contributed by atoms with E-state index in [1.165, 1.54) is 0 Å². The fraction of sp³-hybridized carbons (Fsp3) is 0.571. The van der Waals surface area contributed by atoms with Gasteiger partial charge in [0, 0.05) is 12.7 Å². The molecule has 0 spiro atoms. The van der Waals surface area contributed by atoms with Crippen LogP contribution in [0.15, 0.2) is 18.3 Å². The number of carbonyl (C=O) groups is 1. The molecular weight excluding hydrogens is 244 g/mol. The van der Waals surface area contributed by atoms with Crippen LogP contribution in [-0.2, 0) is 6.54 Å². The van der Waals surface area contributed by atoms with Gasteiger partial charge in [-0.25, -0.2) is 4.79 Å². The van der Waals surface area contributed by atoms with Crippen molar-refractivity contribution in [1.82, 2.24) is 10.3 Å². The highest BCUT2D eigenvalue weighted by atomic mass is 16.4. The Labute approximate surface area is 112 Å². The third-order valence-electron chi connectivity index (χ3n) is 3.66. The highest BCUT2D eigenvalue weighted by Crippen LogP contribution is 2.23. The molecule has 0 radical (unpaired) electrons. The molecule has 0 aliphatic heterocycles. The molecule has 1 aromatic rings. The van der Waals surface area contributed by atoms with E-state index in [1.807, 2.05) is 0 Å². The molecule has 1 aromatic heterocycles. The SMILES string of the molecule is O=C(O)c1cccnc1CNCC1CCC(O)CC1. The number of aromatic carboxylic acids is 1. The Kier molecular flexibility index (Phi) is 4.87. The number of aliphatic hydroxyl groups is 1. The van der Waals surface area contributed by atoms with Gasteiger partial charge in [0.2, 0.25) is 0 Å². The van der Waals surface area contributed by atoms with Gasteiger partial charge in [0.05, 0.1) is 17.4 Å². The number of aromatic nitrogens is 1. The minimum atomic E-state index is -0.939. The standard InChI is InChI=1S/C14H20N2O3/c17-11-5-3-10(4-6-11)8-15-9-13-12(14(18)19)2-1-7-16-13/h1-2,7,10-11,15,17H,3-6,8-9H2,(H,18,19). The topological polar surface area (TPSA) is 82.5 Å². The first-order valence-electron chi connectivity index (χ1n) is 6.72. The average molecular weight is 264 g/mol. The van der Waals surface area contributed by atoms with Crippen molar-refractivity contribution in [3.05, 3.63) is 29.6 Å². The van der Waals surface area contributed by atoms with Crippen molar-refractivity contribution in [3.8, 4) is 0 Å². The van der Waals surface area contributed by atoms with E-state index in [2.05, 4.69) is 10.3 Å². The summed E-state index contributed by atoms with van der Waals surface area (Å²) in [7, 11) is 0. The lowest BCUT2D eigenvalue weighted by molar-refractivity contribution is 0.0694. The molecule has 3 N–H and O–H groups in total. The van der Waals surface area contributed by atoms with Crippen LogP contribution in [0.25, 0.3) is 0 Å². The molecule has 1 aliphatic rings. The Balaban J connectivity index is 1.81. The van der Waals surface area contributed by atoms with Crippen LogP contribution in [0.2, 0.25) is 0 Å². The largest absolute Gasteiger partial charge is 0.478 e. The summed E-state index contributed by atoms with van der Waals surface area (Å²) in [5, 5.41) is 21.8. The Morgan fingerprint density at radius 2 is 2.11 bits per heavy atom. The van der Waals surface area contributed by atoms with Crippen molar-refractivity contribution in [2.45, 2.75) is 38.3 Å². The Bertz CT molecular complexity index is 428. The second-order valence-corrected chi connectivity index (χ2v) is 5.11. The number of carboxylic acid groups (broad SMARTS) is 1. The van der Waals surface area contributed by atoms with E-state index < -0.39 is 5.97 Å². The number of hydrogen-bond donors (Lipinski definition) is 3. The van der Waals surface area contributed by atoms with Gasteiger partial charge in [-0.15, -0.1) is 0 Å². The number of carboxylic acids is 1. The second-order valence-electron chi connectivity index (χ2n) is 5.11. The predicted octanol–water partition coefficient (Wildman–Crippen LogP) is 1.42. The van der Waals surface area contributed by atoms with Gasteiger partial charge >= 0.3 is 5.97 Å². The number of aliphatic hydroxyl groups excluding tert-OH is 1. The molecule has 19 heavy (non-hydrogen) atoms. The summed E-state index contributed by atoms with van der Waals surface area (Å²) in [4.78, 5) is 15.1. The van der Waals surface area contributed by atoms with Crippen LogP contribution in [0.5, 0.6) is 0 Å². The van der Waals surface area contributed by atoms with E-state index in [0.717, 1.165) is 32.2 Å². The van der Waals surface area contributed by atoms with Gasteiger partial charge in [-0.3, -0.25) is 4.98 Å². The molecule has 5 heteroatoms. The molecule has 1 saturated carbocycles. The van der Waals surface area contributed by atoms with Crippen molar-refractivity contribution in [3.63, 3.8) is 0 Å². The van der Waals surface area contributed by atoms with Crippen molar-refractivity contribution in [2.24, 2.45) is 5.92 Å². The molecule has 104 valence electrons. The first-order chi connectivity index (χ1) is 9.16. The first kappa shape index (κ1) is 14.0. The molecule has 0 saturated heterocycles. The molecule has 0 bridgehead atoms. The van der Waals surface area contributed by atoms with Crippen molar-refractivity contribution < 1.29 is 15.0 Å². The van der Waals surface area contributed by atoms with Crippen LogP contribution >= 0.6 is 0 Å². The van der Waals surface area contributed by atoms with Gasteiger partial charge in [0.25, 0.3) is 0 Å². The van der Waals surface area contributed by atoms with E-state index in [9.17, 15) is 9.90 Å². The lowest BCUT2D eigenvalue weighted by Gasteiger charge is -2.25. The van der Waals surface area contributed by atoms with E-state index in [1.54, 1.807) is 18.3 Å². The minimum Gasteiger partial charge on any atom is -0.478 e. The van der Waals surface area contributed by atoms with Gasteiger partial charge in [-0.1, -0.05) is 0 Å². The molecule has 2 rings (SSSR count). The molecule has 5 nitrogen and oxygen atoms in total. The molecule has 1 fully saturated rings. The molecule has 0 aromatic carbocycles. The van der Waals surface area contributed by atoms with Crippen LogP contribution in [0.1, 0.15) is 41.7 Å².